The van der Waals surface area contributed by atoms with E-state index in [9.17, 15) is 0 Å². The standard InChI is InChI=1S/C16H32N2O/c1-4-13-5-7-14(8-6-13)16(17)15-11-18(12(2)3)9-10-19-15/h12-16H,4-11,17H2,1-3H3. The zero-order chi connectivity index (χ0) is 13.8. The first-order chi connectivity index (χ1) is 9.11. The van der Waals surface area contributed by atoms with Gasteiger partial charge >= 0.3 is 0 Å². The Bertz CT molecular complexity index is 261. The number of morpholine rings is 1. The minimum atomic E-state index is 0.236. The van der Waals surface area contributed by atoms with Crippen molar-refractivity contribution in [1.82, 2.24) is 4.90 Å². The van der Waals surface area contributed by atoms with Crippen LogP contribution >= 0.6 is 0 Å². The van der Waals surface area contributed by atoms with E-state index < -0.39 is 0 Å². The Morgan fingerprint density at radius 2 is 1.89 bits per heavy atom. The van der Waals surface area contributed by atoms with Crippen molar-refractivity contribution < 1.29 is 4.74 Å². The fourth-order valence-corrected chi connectivity index (χ4v) is 3.68. The van der Waals surface area contributed by atoms with Crippen LogP contribution in [0, 0.1) is 11.8 Å². The van der Waals surface area contributed by atoms with Gasteiger partial charge in [0.05, 0.1) is 12.7 Å². The van der Waals surface area contributed by atoms with Gasteiger partial charge < -0.3 is 10.5 Å². The molecule has 0 aromatic heterocycles. The lowest BCUT2D eigenvalue weighted by atomic mass is 9.76. The molecule has 2 unspecified atom stereocenters. The zero-order valence-electron chi connectivity index (χ0n) is 13.0. The maximum absolute atomic E-state index is 6.52. The van der Waals surface area contributed by atoms with E-state index in [1.165, 1.54) is 32.1 Å². The Hall–Kier alpha value is -0.120. The second-order valence-electron chi connectivity index (χ2n) is 6.76. The molecule has 1 aliphatic heterocycles. The number of nitrogens with zero attached hydrogens (tertiary/aromatic N) is 1. The fourth-order valence-electron chi connectivity index (χ4n) is 3.68. The first-order valence-electron chi connectivity index (χ1n) is 8.23. The molecule has 112 valence electrons. The molecule has 0 bridgehead atoms. The van der Waals surface area contributed by atoms with Gasteiger partial charge in [-0.15, -0.1) is 0 Å². The maximum Gasteiger partial charge on any atom is 0.0855 e. The van der Waals surface area contributed by atoms with Crippen LogP contribution in [0.4, 0.5) is 0 Å². The molecule has 3 nitrogen and oxygen atoms in total. The molecule has 2 atom stereocenters. The molecule has 0 amide bonds. The molecule has 3 heteroatoms. The Morgan fingerprint density at radius 1 is 1.21 bits per heavy atom. The van der Waals surface area contributed by atoms with Crippen LogP contribution in [0.25, 0.3) is 0 Å². The monoisotopic (exact) mass is 268 g/mol. The van der Waals surface area contributed by atoms with Gasteiger partial charge in [-0.2, -0.15) is 0 Å². The number of rotatable bonds is 4. The topological polar surface area (TPSA) is 38.5 Å². The highest BCUT2D eigenvalue weighted by Gasteiger charge is 2.33. The van der Waals surface area contributed by atoms with Crippen molar-refractivity contribution in [3.63, 3.8) is 0 Å². The van der Waals surface area contributed by atoms with Crippen molar-refractivity contribution in [3.05, 3.63) is 0 Å². The van der Waals surface area contributed by atoms with Gasteiger partial charge in [0.1, 0.15) is 0 Å². The van der Waals surface area contributed by atoms with Gasteiger partial charge in [-0.1, -0.05) is 26.2 Å². The molecule has 1 saturated heterocycles. The van der Waals surface area contributed by atoms with Gasteiger partial charge in [0.15, 0.2) is 0 Å². The van der Waals surface area contributed by atoms with Crippen LogP contribution < -0.4 is 5.73 Å². The zero-order valence-corrected chi connectivity index (χ0v) is 13.0. The Kier molecular flexibility index (Phi) is 5.67. The van der Waals surface area contributed by atoms with Crippen molar-refractivity contribution >= 4 is 0 Å². The van der Waals surface area contributed by atoms with Crippen LogP contribution in [0.1, 0.15) is 52.9 Å². The summed E-state index contributed by atoms with van der Waals surface area (Å²) in [6.07, 6.45) is 6.94. The SMILES string of the molecule is CCC1CCC(C(N)C2CN(C(C)C)CCO2)CC1. The summed E-state index contributed by atoms with van der Waals surface area (Å²) in [5.41, 5.74) is 6.52. The van der Waals surface area contributed by atoms with Gasteiger partial charge in [0, 0.05) is 25.2 Å². The lowest BCUT2D eigenvalue weighted by Crippen LogP contribution is -2.55. The third-order valence-electron chi connectivity index (χ3n) is 5.30. The molecule has 2 rings (SSSR count). The lowest BCUT2D eigenvalue weighted by Gasteiger charge is -2.41. The van der Waals surface area contributed by atoms with Crippen molar-refractivity contribution in [1.29, 1.82) is 0 Å². The Balaban J connectivity index is 1.84. The normalized spacial score (nSPS) is 35.5. The number of ether oxygens (including phenoxy) is 1. The molecule has 1 heterocycles. The number of nitrogens with two attached hydrogens (primary N) is 1. The highest BCUT2D eigenvalue weighted by molar-refractivity contribution is 4.88. The average molecular weight is 268 g/mol. The quantitative estimate of drug-likeness (QED) is 0.852. The minimum Gasteiger partial charge on any atom is -0.374 e. The van der Waals surface area contributed by atoms with Gasteiger partial charge in [-0.05, 0) is 38.5 Å². The molecule has 2 fully saturated rings. The smallest absolute Gasteiger partial charge is 0.0855 e. The Labute approximate surface area is 118 Å². The fraction of sp³-hybridized carbons (Fsp3) is 1.00. The summed E-state index contributed by atoms with van der Waals surface area (Å²) in [4.78, 5) is 2.51. The van der Waals surface area contributed by atoms with Gasteiger partial charge in [0.2, 0.25) is 0 Å². The van der Waals surface area contributed by atoms with Crippen molar-refractivity contribution in [2.24, 2.45) is 17.6 Å². The predicted octanol–water partition coefficient (Wildman–Crippen LogP) is 2.64. The molecule has 1 saturated carbocycles. The van der Waals surface area contributed by atoms with Gasteiger partial charge in [0.25, 0.3) is 0 Å². The summed E-state index contributed by atoms with van der Waals surface area (Å²) in [5, 5.41) is 0. The van der Waals surface area contributed by atoms with E-state index in [0.29, 0.717) is 12.0 Å². The summed E-state index contributed by atoms with van der Waals surface area (Å²) in [7, 11) is 0. The summed E-state index contributed by atoms with van der Waals surface area (Å²) >= 11 is 0. The predicted molar refractivity (Wildman–Crippen MR) is 80.2 cm³/mol. The summed E-state index contributed by atoms with van der Waals surface area (Å²) in [6, 6.07) is 0.841. The van der Waals surface area contributed by atoms with Gasteiger partial charge in [-0.25, -0.2) is 0 Å². The lowest BCUT2D eigenvalue weighted by molar-refractivity contribution is -0.0611. The van der Waals surface area contributed by atoms with Gasteiger partial charge in [-0.3, -0.25) is 4.90 Å². The van der Waals surface area contributed by atoms with E-state index in [-0.39, 0.29) is 12.1 Å². The third kappa shape index (κ3) is 3.93. The highest BCUT2D eigenvalue weighted by Crippen LogP contribution is 2.33. The highest BCUT2D eigenvalue weighted by atomic mass is 16.5. The molecular formula is C16H32N2O. The van der Waals surface area contributed by atoms with Crippen LogP contribution in [0.5, 0.6) is 0 Å². The van der Waals surface area contributed by atoms with Crippen LogP contribution in [-0.4, -0.2) is 42.8 Å². The summed E-state index contributed by atoms with van der Waals surface area (Å²) in [6.45, 7) is 9.77. The molecule has 0 aromatic rings. The van der Waals surface area contributed by atoms with Crippen LogP contribution in [0.3, 0.4) is 0 Å². The Morgan fingerprint density at radius 3 is 2.47 bits per heavy atom. The van der Waals surface area contributed by atoms with E-state index in [1.54, 1.807) is 0 Å². The molecule has 2 N–H and O–H groups in total. The average Bonchev–Trinajstić information content (AvgIpc) is 2.46. The van der Waals surface area contributed by atoms with E-state index in [4.69, 9.17) is 10.5 Å². The van der Waals surface area contributed by atoms with Crippen molar-refractivity contribution in [2.75, 3.05) is 19.7 Å². The molecular weight excluding hydrogens is 236 g/mol. The largest absolute Gasteiger partial charge is 0.374 e. The van der Waals surface area contributed by atoms with Crippen LogP contribution in [-0.2, 0) is 4.74 Å². The molecule has 0 radical (unpaired) electrons. The second kappa shape index (κ2) is 7.05. The first kappa shape index (κ1) is 15.3. The molecule has 19 heavy (non-hydrogen) atoms. The molecule has 0 spiro atoms. The first-order valence-corrected chi connectivity index (χ1v) is 8.23. The van der Waals surface area contributed by atoms with E-state index >= 15 is 0 Å². The third-order valence-corrected chi connectivity index (χ3v) is 5.30. The van der Waals surface area contributed by atoms with Crippen LogP contribution in [0.15, 0.2) is 0 Å². The molecule has 0 aromatic carbocycles. The van der Waals surface area contributed by atoms with Crippen molar-refractivity contribution in [2.45, 2.75) is 71.1 Å². The summed E-state index contributed by atoms with van der Waals surface area (Å²) < 4.78 is 5.96. The maximum atomic E-state index is 6.52. The van der Waals surface area contributed by atoms with E-state index in [2.05, 4.69) is 25.7 Å². The molecule has 1 aliphatic carbocycles. The van der Waals surface area contributed by atoms with Crippen LogP contribution in [0.2, 0.25) is 0 Å². The van der Waals surface area contributed by atoms with E-state index in [1.807, 2.05) is 0 Å². The molecule has 2 aliphatic rings. The minimum absolute atomic E-state index is 0.236. The van der Waals surface area contributed by atoms with E-state index in [0.717, 1.165) is 25.6 Å². The summed E-state index contributed by atoms with van der Waals surface area (Å²) in [5.74, 6) is 1.63. The van der Waals surface area contributed by atoms with Crippen molar-refractivity contribution in [3.8, 4) is 0 Å². The second-order valence-corrected chi connectivity index (χ2v) is 6.76. The number of hydrogen-bond acceptors (Lipinski definition) is 3. The number of hydrogen-bond donors (Lipinski definition) is 1.